The molecule has 1 heterocycles. The molecule has 0 radical (unpaired) electrons. The minimum atomic E-state index is 0.799. The molecule has 56 valence electrons. The van der Waals surface area contributed by atoms with Crippen LogP contribution in [0.5, 0.6) is 0 Å². The summed E-state index contributed by atoms with van der Waals surface area (Å²) >= 11 is 7.53. The molecule has 2 rings (SSSR count). The molecule has 0 saturated heterocycles. The molecule has 2 aromatic rings. The van der Waals surface area contributed by atoms with Gasteiger partial charge < -0.3 is 0 Å². The van der Waals surface area contributed by atoms with Crippen LogP contribution in [0.4, 0.5) is 0 Å². The van der Waals surface area contributed by atoms with Crippen LogP contribution in [0, 0.1) is 6.92 Å². The molecule has 0 aliphatic rings. The maximum absolute atomic E-state index is 5.94. The number of benzene rings is 1. The van der Waals surface area contributed by atoms with Crippen LogP contribution in [-0.2, 0) is 0 Å². The van der Waals surface area contributed by atoms with E-state index in [0.717, 1.165) is 15.2 Å². The van der Waals surface area contributed by atoms with Crippen LogP contribution in [-0.4, -0.2) is 4.98 Å². The lowest BCUT2D eigenvalue weighted by Crippen LogP contribution is -1.74. The summed E-state index contributed by atoms with van der Waals surface area (Å²) < 4.78 is 1.09. The lowest BCUT2D eigenvalue weighted by Gasteiger charge is -1.94. The first-order valence-corrected chi connectivity index (χ1v) is 4.53. The fourth-order valence-electron chi connectivity index (χ4n) is 1.05. The van der Waals surface area contributed by atoms with Crippen LogP contribution in [0.2, 0.25) is 5.02 Å². The van der Waals surface area contributed by atoms with E-state index < -0.39 is 0 Å². The first-order chi connectivity index (χ1) is 5.29. The van der Waals surface area contributed by atoms with E-state index in [1.54, 1.807) is 11.3 Å². The minimum absolute atomic E-state index is 0.799. The highest BCUT2D eigenvalue weighted by atomic mass is 35.5. The Morgan fingerprint density at radius 2 is 2.27 bits per heavy atom. The molecule has 0 spiro atoms. The van der Waals surface area contributed by atoms with Gasteiger partial charge in [-0.2, -0.15) is 0 Å². The van der Waals surface area contributed by atoms with Crippen molar-refractivity contribution >= 4 is 33.2 Å². The van der Waals surface area contributed by atoms with Crippen molar-refractivity contribution in [1.29, 1.82) is 0 Å². The van der Waals surface area contributed by atoms with Crippen LogP contribution < -0.4 is 0 Å². The number of aromatic nitrogens is 1. The summed E-state index contributed by atoms with van der Waals surface area (Å²) in [7, 11) is 0. The molecule has 0 fully saturated rings. The highest BCUT2D eigenvalue weighted by Gasteiger charge is 2.02. The smallest absolute Gasteiger partial charge is 0.0856 e. The Morgan fingerprint density at radius 1 is 1.45 bits per heavy atom. The molecular formula is C8H6ClNS. The first kappa shape index (κ1) is 7.07. The Morgan fingerprint density at radius 3 is 3.00 bits per heavy atom. The monoisotopic (exact) mass is 183 g/mol. The Kier molecular flexibility index (Phi) is 1.59. The molecule has 0 bridgehead atoms. The van der Waals surface area contributed by atoms with Crippen molar-refractivity contribution in [3.63, 3.8) is 0 Å². The molecule has 0 atom stereocenters. The number of rotatable bonds is 0. The summed E-state index contributed by atoms with van der Waals surface area (Å²) in [6.45, 7) is 2.04. The van der Waals surface area contributed by atoms with Gasteiger partial charge in [0, 0.05) is 0 Å². The average molecular weight is 184 g/mol. The lowest BCUT2D eigenvalue weighted by atomic mass is 10.2. The maximum atomic E-state index is 5.94. The summed E-state index contributed by atoms with van der Waals surface area (Å²) in [6, 6.07) is 3.90. The zero-order valence-electron chi connectivity index (χ0n) is 5.97. The number of fused-ring (bicyclic) bond motifs is 1. The van der Waals surface area contributed by atoms with Gasteiger partial charge in [-0.1, -0.05) is 17.7 Å². The second-order valence-electron chi connectivity index (χ2n) is 2.39. The third kappa shape index (κ3) is 1.03. The van der Waals surface area contributed by atoms with Gasteiger partial charge >= 0.3 is 0 Å². The number of nitrogens with zero attached hydrogens (tertiary/aromatic N) is 1. The summed E-state index contributed by atoms with van der Waals surface area (Å²) in [4.78, 5) is 4.21. The lowest BCUT2D eigenvalue weighted by molar-refractivity contribution is 1.43. The van der Waals surface area contributed by atoms with Gasteiger partial charge in [-0.05, 0) is 18.6 Å². The Hall–Kier alpha value is -0.600. The second kappa shape index (κ2) is 2.47. The second-order valence-corrected chi connectivity index (χ2v) is 3.66. The largest absolute Gasteiger partial charge is 0.244 e. The van der Waals surface area contributed by atoms with E-state index in [1.165, 1.54) is 5.56 Å². The van der Waals surface area contributed by atoms with Gasteiger partial charge in [0.15, 0.2) is 0 Å². The van der Waals surface area contributed by atoms with Crippen LogP contribution in [0.25, 0.3) is 10.2 Å². The fraction of sp³-hybridized carbons (Fsp3) is 0.125. The van der Waals surface area contributed by atoms with Crippen molar-refractivity contribution in [2.75, 3.05) is 0 Å². The predicted molar refractivity (Wildman–Crippen MR) is 49.4 cm³/mol. The van der Waals surface area contributed by atoms with Gasteiger partial charge in [-0.3, -0.25) is 0 Å². The van der Waals surface area contributed by atoms with E-state index in [0.29, 0.717) is 0 Å². The number of halogens is 1. The van der Waals surface area contributed by atoms with E-state index in [2.05, 4.69) is 4.98 Å². The highest BCUT2D eigenvalue weighted by Crippen LogP contribution is 2.28. The number of hydrogen-bond donors (Lipinski definition) is 0. The van der Waals surface area contributed by atoms with Gasteiger partial charge in [0.25, 0.3) is 0 Å². The van der Waals surface area contributed by atoms with Gasteiger partial charge in [0.2, 0.25) is 0 Å². The van der Waals surface area contributed by atoms with Crippen LogP contribution >= 0.6 is 22.9 Å². The highest BCUT2D eigenvalue weighted by molar-refractivity contribution is 7.17. The predicted octanol–water partition coefficient (Wildman–Crippen LogP) is 3.26. The minimum Gasteiger partial charge on any atom is -0.244 e. The first-order valence-electron chi connectivity index (χ1n) is 3.27. The molecule has 1 aromatic heterocycles. The third-order valence-electron chi connectivity index (χ3n) is 1.64. The average Bonchev–Trinajstić information content (AvgIpc) is 2.45. The summed E-state index contributed by atoms with van der Waals surface area (Å²) in [5, 5.41) is 0.799. The molecule has 11 heavy (non-hydrogen) atoms. The SMILES string of the molecule is Cc1ccc(Cl)c2scnc12. The van der Waals surface area contributed by atoms with Crippen LogP contribution in [0.15, 0.2) is 17.6 Å². The standard InChI is InChI=1S/C8H6ClNS/c1-5-2-3-6(9)8-7(5)10-4-11-8/h2-4H,1H3. The van der Waals surface area contributed by atoms with E-state index in [9.17, 15) is 0 Å². The Labute approximate surface area is 73.6 Å². The molecule has 1 aromatic carbocycles. The van der Waals surface area contributed by atoms with Gasteiger partial charge in [-0.25, -0.2) is 4.98 Å². The number of aryl methyl sites for hydroxylation is 1. The molecule has 0 amide bonds. The van der Waals surface area contributed by atoms with E-state index in [4.69, 9.17) is 11.6 Å². The molecule has 0 unspecified atom stereocenters. The third-order valence-corrected chi connectivity index (χ3v) is 2.92. The Bertz CT molecular complexity index is 358. The molecular weight excluding hydrogens is 178 g/mol. The molecule has 0 aliphatic heterocycles. The van der Waals surface area contributed by atoms with Crippen molar-refractivity contribution in [3.8, 4) is 0 Å². The van der Waals surface area contributed by atoms with E-state index >= 15 is 0 Å². The number of hydrogen-bond acceptors (Lipinski definition) is 2. The van der Waals surface area contributed by atoms with Crippen molar-refractivity contribution < 1.29 is 0 Å². The fourth-order valence-corrected chi connectivity index (χ4v) is 2.10. The molecule has 3 heteroatoms. The summed E-state index contributed by atoms with van der Waals surface area (Å²) in [5.41, 5.74) is 4.04. The van der Waals surface area contributed by atoms with Crippen LogP contribution in [0.3, 0.4) is 0 Å². The van der Waals surface area contributed by atoms with E-state index in [1.807, 2.05) is 24.6 Å². The molecule has 1 nitrogen and oxygen atoms in total. The quantitative estimate of drug-likeness (QED) is 0.611. The van der Waals surface area contributed by atoms with Crippen LogP contribution in [0.1, 0.15) is 5.56 Å². The number of thiazole rings is 1. The van der Waals surface area contributed by atoms with Gasteiger partial charge in [0.05, 0.1) is 20.7 Å². The topological polar surface area (TPSA) is 12.9 Å². The van der Waals surface area contributed by atoms with Crippen molar-refractivity contribution in [3.05, 3.63) is 28.2 Å². The normalized spacial score (nSPS) is 10.7. The van der Waals surface area contributed by atoms with Crippen molar-refractivity contribution in [2.24, 2.45) is 0 Å². The van der Waals surface area contributed by atoms with Gasteiger partial charge in [-0.15, -0.1) is 11.3 Å². The zero-order chi connectivity index (χ0) is 7.84. The molecule has 0 saturated carbocycles. The maximum Gasteiger partial charge on any atom is 0.0856 e. The molecule has 0 N–H and O–H groups in total. The van der Waals surface area contributed by atoms with E-state index in [-0.39, 0.29) is 0 Å². The zero-order valence-corrected chi connectivity index (χ0v) is 7.54. The van der Waals surface area contributed by atoms with Crippen molar-refractivity contribution in [2.45, 2.75) is 6.92 Å². The summed E-state index contributed by atoms with van der Waals surface area (Å²) in [6.07, 6.45) is 0. The van der Waals surface area contributed by atoms with Crippen molar-refractivity contribution in [1.82, 2.24) is 4.98 Å². The Balaban J connectivity index is 2.96. The van der Waals surface area contributed by atoms with Gasteiger partial charge in [0.1, 0.15) is 0 Å². The summed E-state index contributed by atoms with van der Waals surface area (Å²) in [5.74, 6) is 0. The molecule has 0 aliphatic carbocycles.